The van der Waals surface area contributed by atoms with Gasteiger partial charge in [0.1, 0.15) is 0 Å². The molecule has 1 heterocycles. The molecule has 1 aliphatic heterocycles. The van der Waals surface area contributed by atoms with Gasteiger partial charge in [0.25, 0.3) is 0 Å². The molecule has 1 rings (SSSR count). The Kier molecular flexibility index (Phi) is 5.12. The zero-order valence-electron chi connectivity index (χ0n) is 9.72. The maximum absolute atomic E-state index is 10.4. The van der Waals surface area contributed by atoms with Gasteiger partial charge in [-0.1, -0.05) is 19.8 Å². The minimum atomic E-state index is -0.552. The summed E-state index contributed by atoms with van der Waals surface area (Å²) in [6.45, 7) is 2.59. The topological polar surface area (TPSA) is 110 Å². The lowest BCUT2D eigenvalue weighted by atomic mass is 10.3. The summed E-state index contributed by atoms with van der Waals surface area (Å²) >= 11 is 0. The Morgan fingerprint density at radius 3 is 2.94 bits per heavy atom. The number of ether oxygens (including phenoxy) is 1. The van der Waals surface area contributed by atoms with E-state index >= 15 is 0 Å². The predicted molar refractivity (Wildman–Crippen MR) is 64.9 cm³/mol. The first-order valence-corrected chi connectivity index (χ1v) is 5.46. The zero-order chi connectivity index (χ0) is 12.7. The fraction of sp³-hybridized carbons (Fsp3) is 0.600. The molecule has 94 valence electrons. The smallest absolute Gasteiger partial charge is 0.315 e. The summed E-state index contributed by atoms with van der Waals surface area (Å²) in [5.41, 5.74) is 5.30. The van der Waals surface area contributed by atoms with E-state index in [1.807, 2.05) is 0 Å². The number of rotatable bonds is 5. The fourth-order valence-electron chi connectivity index (χ4n) is 1.24. The van der Waals surface area contributed by atoms with Crippen molar-refractivity contribution in [3.63, 3.8) is 0 Å². The number of nitrogens with zero attached hydrogens (tertiary/aromatic N) is 3. The van der Waals surface area contributed by atoms with Crippen LogP contribution in [0.25, 0.3) is 0 Å². The Bertz CT molecular complexity index is 374. The molecule has 0 spiro atoms. The van der Waals surface area contributed by atoms with Crippen LogP contribution < -0.4 is 5.73 Å². The lowest BCUT2D eigenvalue weighted by molar-refractivity contribution is 0.288. The fourth-order valence-corrected chi connectivity index (χ4v) is 1.24. The van der Waals surface area contributed by atoms with Crippen molar-refractivity contribution in [2.45, 2.75) is 26.2 Å². The highest BCUT2D eigenvalue weighted by Crippen LogP contribution is 2.08. The molecule has 17 heavy (non-hydrogen) atoms. The summed E-state index contributed by atoms with van der Waals surface area (Å²) in [6, 6.07) is 0.0280. The van der Waals surface area contributed by atoms with Gasteiger partial charge in [-0.3, -0.25) is 0 Å². The molecule has 0 fully saturated rings. The van der Waals surface area contributed by atoms with Crippen LogP contribution in [0.4, 0.5) is 0 Å². The summed E-state index contributed by atoms with van der Waals surface area (Å²) in [5, 5.41) is 12.1. The Labute approximate surface area is 99.1 Å². The van der Waals surface area contributed by atoms with Crippen molar-refractivity contribution < 1.29 is 9.84 Å². The van der Waals surface area contributed by atoms with Gasteiger partial charge in [-0.2, -0.15) is 4.99 Å². The number of nitroso groups, excluding NO2 is 1. The molecule has 0 radical (unpaired) electrons. The van der Waals surface area contributed by atoms with E-state index in [9.17, 15) is 10.0 Å². The Hall–Kier alpha value is -1.92. The molecule has 0 saturated carbocycles. The molecule has 0 bridgehead atoms. The average Bonchev–Trinajstić information content (AvgIpc) is 2.44. The van der Waals surface area contributed by atoms with Crippen molar-refractivity contribution in [1.29, 1.82) is 0 Å². The number of aliphatic hydroxyl groups is 1. The second kappa shape index (κ2) is 6.62. The highest BCUT2D eigenvalue weighted by atomic mass is 16.5. The Balaban J connectivity index is 2.60. The number of hydrogen-bond donors (Lipinski definition) is 2. The third-order valence-corrected chi connectivity index (χ3v) is 2.17. The van der Waals surface area contributed by atoms with Gasteiger partial charge in [0.15, 0.2) is 5.70 Å². The zero-order valence-corrected chi connectivity index (χ0v) is 9.72. The monoisotopic (exact) mass is 240 g/mol. The summed E-state index contributed by atoms with van der Waals surface area (Å²) in [5.74, 6) is -0.552. The van der Waals surface area contributed by atoms with E-state index in [1.165, 1.54) is 0 Å². The van der Waals surface area contributed by atoms with E-state index in [4.69, 9.17) is 10.5 Å². The molecule has 0 aromatic rings. The van der Waals surface area contributed by atoms with Crippen molar-refractivity contribution in [3.05, 3.63) is 16.3 Å². The van der Waals surface area contributed by atoms with Crippen LogP contribution in [0, 0.1) is 4.91 Å². The van der Waals surface area contributed by atoms with Crippen LogP contribution >= 0.6 is 0 Å². The number of nitrogens with two attached hydrogens (primary N) is 1. The molecular formula is C10H16N4O3. The molecule has 7 heteroatoms. The lowest BCUT2D eigenvalue weighted by Gasteiger charge is -2.03. The molecule has 0 amide bonds. The van der Waals surface area contributed by atoms with Crippen LogP contribution in [0.2, 0.25) is 0 Å². The van der Waals surface area contributed by atoms with Crippen molar-refractivity contribution in [2.24, 2.45) is 20.9 Å². The van der Waals surface area contributed by atoms with Gasteiger partial charge in [0, 0.05) is 0 Å². The number of aliphatic imine (C=N–C) groups is 2. The van der Waals surface area contributed by atoms with Crippen LogP contribution in [0.5, 0.6) is 0 Å². The molecular weight excluding hydrogens is 224 g/mol. The normalized spacial score (nSPS) is 16.1. The number of hydrogen-bond acceptors (Lipinski definition) is 6. The molecule has 0 atom stereocenters. The highest BCUT2D eigenvalue weighted by Gasteiger charge is 2.16. The SMILES string of the molecule is CCCCCOC1=NCC(N)=C(N=O)C(O)=N1. The second-order valence-electron chi connectivity index (χ2n) is 3.55. The largest absolute Gasteiger partial charge is 0.491 e. The van der Waals surface area contributed by atoms with Gasteiger partial charge in [-0.25, -0.2) is 4.99 Å². The molecule has 0 unspecified atom stereocenters. The van der Waals surface area contributed by atoms with Gasteiger partial charge >= 0.3 is 6.02 Å². The van der Waals surface area contributed by atoms with Gasteiger partial charge < -0.3 is 15.6 Å². The second-order valence-corrected chi connectivity index (χ2v) is 3.55. The quantitative estimate of drug-likeness (QED) is 0.559. The van der Waals surface area contributed by atoms with Crippen LogP contribution in [0.1, 0.15) is 26.2 Å². The molecule has 1 aliphatic rings. The maximum Gasteiger partial charge on any atom is 0.315 e. The summed E-state index contributed by atoms with van der Waals surface area (Å²) < 4.78 is 5.25. The lowest BCUT2D eigenvalue weighted by Crippen LogP contribution is -2.10. The summed E-state index contributed by atoms with van der Waals surface area (Å²) in [7, 11) is 0. The molecule has 0 aromatic heterocycles. The Morgan fingerprint density at radius 2 is 2.29 bits per heavy atom. The van der Waals surface area contributed by atoms with E-state index in [-0.39, 0.29) is 24.0 Å². The van der Waals surface area contributed by atoms with E-state index < -0.39 is 5.90 Å². The Morgan fingerprint density at radius 1 is 1.53 bits per heavy atom. The third-order valence-electron chi connectivity index (χ3n) is 2.17. The van der Waals surface area contributed by atoms with E-state index in [0.29, 0.717) is 6.61 Å². The minimum Gasteiger partial charge on any atom is -0.491 e. The standard InChI is InChI=1S/C10H16N4O3/c1-2-3-4-5-17-10-12-6-7(11)8(14-16)9(15)13-10/h2-6,11H2,1H3,(H,12,13,15). The third kappa shape index (κ3) is 3.86. The van der Waals surface area contributed by atoms with Gasteiger partial charge in [-0.15, -0.1) is 4.91 Å². The maximum atomic E-state index is 10.4. The van der Waals surface area contributed by atoms with E-state index in [2.05, 4.69) is 22.1 Å². The predicted octanol–water partition coefficient (Wildman–Crippen LogP) is 1.46. The molecule has 0 aromatic carbocycles. The number of amidine groups is 1. The summed E-state index contributed by atoms with van der Waals surface area (Å²) in [4.78, 5) is 18.0. The van der Waals surface area contributed by atoms with Gasteiger partial charge in [0.05, 0.1) is 18.8 Å². The van der Waals surface area contributed by atoms with Gasteiger partial charge in [-0.05, 0) is 11.6 Å². The van der Waals surface area contributed by atoms with Crippen molar-refractivity contribution >= 4 is 11.9 Å². The van der Waals surface area contributed by atoms with E-state index in [0.717, 1.165) is 19.3 Å². The van der Waals surface area contributed by atoms with E-state index in [1.54, 1.807) is 0 Å². The van der Waals surface area contributed by atoms with Crippen LogP contribution in [0.3, 0.4) is 0 Å². The molecule has 0 aliphatic carbocycles. The van der Waals surface area contributed by atoms with Crippen LogP contribution in [-0.2, 0) is 4.74 Å². The molecule has 7 nitrogen and oxygen atoms in total. The van der Waals surface area contributed by atoms with Crippen molar-refractivity contribution in [2.75, 3.05) is 13.2 Å². The van der Waals surface area contributed by atoms with Gasteiger partial charge in [0.2, 0.25) is 5.90 Å². The number of unbranched alkanes of at least 4 members (excludes halogenated alkanes) is 2. The first-order chi connectivity index (χ1) is 8.19. The van der Waals surface area contributed by atoms with Crippen LogP contribution in [0.15, 0.2) is 26.6 Å². The van der Waals surface area contributed by atoms with Crippen molar-refractivity contribution in [1.82, 2.24) is 0 Å². The number of aliphatic hydroxyl groups excluding tert-OH is 1. The van der Waals surface area contributed by atoms with Crippen molar-refractivity contribution in [3.8, 4) is 0 Å². The highest BCUT2D eigenvalue weighted by molar-refractivity contribution is 6.00. The first kappa shape index (κ1) is 13.1. The first-order valence-electron chi connectivity index (χ1n) is 5.46. The molecule has 0 saturated heterocycles. The minimum absolute atomic E-state index is 0.0280. The molecule has 3 N–H and O–H groups in total. The average molecular weight is 240 g/mol. The van der Waals surface area contributed by atoms with Crippen LogP contribution in [-0.4, -0.2) is 30.2 Å². The summed E-state index contributed by atoms with van der Waals surface area (Å²) in [6.07, 6.45) is 3.01.